The van der Waals surface area contributed by atoms with E-state index in [9.17, 15) is 4.79 Å². The summed E-state index contributed by atoms with van der Waals surface area (Å²) >= 11 is 0. The minimum Gasteiger partial charge on any atom is -0.355 e. The number of fused-ring (bicyclic) bond motifs is 1. The number of imidazole rings is 1. The van der Waals surface area contributed by atoms with Crippen molar-refractivity contribution in [2.45, 2.75) is 57.3 Å². The monoisotopic (exact) mass is 375 g/mol. The minimum absolute atomic E-state index is 0.0826. The molecule has 1 heterocycles. The van der Waals surface area contributed by atoms with Crippen LogP contribution in [0.1, 0.15) is 55.5 Å². The number of benzene rings is 2. The highest BCUT2D eigenvalue weighted by molar-refractivity contribution is 5.77. The van der Waals surface area contributed by atoms with Crippen LogP contribution >= 0.6 is 0 Å². The van der Waals surface area contributed by atoms with Crippen molar-refractivity contribution in [3.8, 4) is 0 Å². The Bertz CT molecular complexity index is 920. The summed E-state index contributed by atoms with van der Waals surface area (Å²) in [5, 5.41) is 3.23. The van der Waals surface area contributed by atoms with Gasteiger partial charge in [-0.05, 0) is 37.5 Å². The SMILES string of the molecule is Cc1cccc(C2(CNC(=O)CCc3nc4ccccc4[nH]3)CCCCC2)c1. The Labute approximate surface area is 166 Å². The molecule has 146 valence electrons. The van der Waals surface area contributed by atoms with Crippen molar-refractivity contribution in [1.29, 1.82) is 0 Å². The highest BCUT2D eigenvalue weighted by Crippen LogP contribution is 2.39. The molecule has 4 heteroatoms. The van der Waals surface area contributed by atoms with Crippen LogP contribution in [-0.2, 0) is 16.6 Å². The molecule has 1 aliphatic carbocycles. The van der Waals surface area contributed by atoms with E-state index >= 15 is 0 Å². The molecule has 0 unspecified atom stereocenters. The predicted octanol–water partition coefficient (Wildman–Crippen LogP) is 4.82. The van der Waals surface area contributed by atoms with Gasteiger partial charge in [0.1, 0.15) is 5.82 Å². The van der Waals surface area contributed by atoms with Crippen LogP contribution in [0.4, 0.5) is 0 Å². The summed E-state index contributed by atoms with van der Waals surface area (Å²) in [6.45, 7) is 2.88. The summed E-state index contributed by atoms with van der Waals surface area (Å²) in [6.07, 6.45) is 7.18. The van der Waals surface area contributed by atoms with Crippen LogP contribution in [0.3, 0.4) is 0 Å². The maximum Gasteiger partial charge on any atom is 0.220 e. The molecule has 2 aromatic carbocycles. The molecule has 0 saturated heterocycles. The van der Waals surface area contributed by atoms with Crippen LogP contribution < -0.4 is 5.32 Å². The first-order valence-electron chi connectivity index (χ1n) is 10.4. The van der Waals surface area contributed by atoms with Gasteiger partial charge in [0.15, 0.2) is 0 Å². The summed E-state index contributed by atoms with van der Waals surface area (Å²) in [7, 11) is 0. The zero-order valence-corrected chi connectivity index (χ0v) is 16.6. The van der Waals surface area contributed by atoms with E-state index in [2.05, 4.69) is 46.5 Å². The second-order valence-corrected chi connectivity index (χ2v) is 8.19. The number of hydrogen-bond acceptors (Lipinski definition) is 2. The van der Waals surface area contributed by atoms with Crippen molar-refractivity contribution >= 4 is 16.9 Å². The zero-order chi connectivity index (χ0) is 19.4. The molecule has 1 amide bonds. The fourth-order valence-electron chi connectivity index (χ4n) is 4.48. The van der Waals surface area contributed by atoms with E-state index in [1.54, 1.807) is 0 Å². The maximum atomic E-state index is 12.6. The molecule has 1 aromatic heterocycles. The predicted molar refractivity (Wildman–Crippen MR) is 113 cm³/mol. The Morgan fingerprint density at radius 1 is 1.11 bits per heavy atom. The Balaban J connectivity index is 1.38. The second-order valence-electron chi connectivity index (χ2n) is 8.19. The number of aromatic nitrogens is 2. The standard InChI is InChI=1S/C24H29N3O/c1-18-8-7-9-19(16-18)24(14-5-2-6-15-24)17-25-23(28)13-12-22-26-20-10-3-4-11-21(20)27-22/h3-4,7-11,16H,2,5-6,12-15,17H2,1H3,(H,25,28)(H,26,27). The van der Waals surface area contributed by atoms with Crippen molar-refractivity contribution in [3.63, 3.8) is 0 Å². The van der Waals surface area contributed by atoms with Crippen LogP contribution in [-0.4, -0.2) is 22.4 Å². The van der Waals surface area contributed by atoms with E-state index in [1.807, 2.05) is 24.3 Å². The lowest BCUT2D eigenvalue weighted by atomic mass is 9.69. The summed E-state index contributed by atoms with van der Waals surface area (Å²) in [4.78, 5) is 20.4. The van der Waals surface area contributed by atoms with Crippen molar-refractivity contribution < 1.29 is 4.79 Å². The van der Waals surface area contributed by atoms with Crippen molar-refractivity contribution in [3.05, 3.63) is 65.5 Å². The highest BCUT2D eigenvalue weighted by atomic mass is 16.1. The summed E-state index contributed by atoms with van der Waals surface area (Å²) in [6, 6.07) is 16.8. The summed E-state index contributed by atoms with van der Waals surface area (Å²) in [5.41, 5.74) is 4.74. The lowest BCUT2D eigenvalue weighted by Crippen LogP contribution is -2.42. The van der Waals surface area contributed by atoms with Gasteiger partial charge in [0.05, 0.1) is 11.0 Å². The number of nitrogens with zero attached hydrogens (tertiary/aromatic N) is 1. The van der Waals surface area contributed by atoms with E-state index in [0.717, 1.165) is 36.2 Å². The van der Waals surface area contributed by atoms with Crippen LogP contribution in [0.2, 0.25) is 0 Å². The van der Waals surface area contributed by atoms with Crippen molar-refractivity contribution in [2.75, 3.05) is 6.54 Å². The number of aromatic amines is 1. The number of amides is 1. The molecule has 28 heavy (non-hydrogen) atoms. The lowest BCUT2D eigenvalue weighted by molar-refractivity contribution is -0.121. The number of carbonyl (C=O) groups is 1. The largest absolute Gasteiger partial charge is 0.355 e. The number of nitrogens with one attached hydrogen (secondary N) is 2. The third kappa shape index (κ3) is 4.11. The summed E-state index contributed by atoms with van der Waals surface area (Å²) < 4.78 is 0. The molecule has 4 nitrogen and oxygen atoms in total. The first-order valence-corrected chi connectivity index (χ1v) is 10.4. The number of H-pyrrole nitrogens is 1. The minimum atomic E-state index is 0.0826. The fraction of sp³-hybridized carbons (Fsp3) is 0.417. The van der Waals surface area contributed by atoms with Gasteiger partial charge in [0.25, 0.3) is 0 Å². The van der Waals surface area contributed by atoms with Crippen LogP contribution in [0.15, 0.2) is 48.5 Å². The Morgan fingerprint density at radius 3 is 2.71 bits per heavy atom. The van der Waals surface area contributed by atoms with Crippen LogP contribution in [0.5, 0.6) is 0 Å². The van der Waals surface area contributed by atoms with Gasteiger partial charge >= 0.3 is 0 Å². The Kier molecular flexibility index (Phi) is 5.47. The smallest absolute Gasteiger partial charge is 0.220 e. The van der Waals surface area contributed by atoms with Gasteiger partial charge < -0.3 is 10.3 Å². The number of para-hydroxylation sites is 2. The zero-order valence-electron chi connectivity index (χ0n) is 16.6. The van der Waals surface area contributed by atoms with Gasteiger partial charge in [-0.1, -0.05) is 61.2 Å². The number of aryl methyl sites for hydroxylation is 2. The van der Waals surface area contributed by atoms with Crippen LogP contribution in [0.25, 0.3) is 11.0 Å². The molecule has 2 N–H and O–H groups in total. The maximum absolute atomic E-state index is 12.6. The number of carbonyl (C=O) groups excluding carboxylic acids is 1. The van der Waals surface area contributed by atoms with Gasteiger partial charge in [-0.2, -0.15) is 0 Å². The van der Waals surface area contributed by atoms with E-state index in [-0.39, 0.29) is 11.3 Å². The molecular weight excluding hydrogens is 346 g/mol. The van der Waals surface area contributed by atoms with Crippen molar-refractivity contribution in [2.24, 2.45) is 0 Å². The van der Waals surface area contributed by atoms with E-state index in [4.69, 9.17) is 0 Å². The molecule has 0 radical (unpaired) electrons. The molecule has 0 atom stereocenters. The molecule has 1 saturated carbocycles. The van der Waals surface area contributed by atoms with Gasteiger partial charge in [-0.15, -0.1) is 0 Å². The topological polar surface area (TPSA) is 57.8 Å². The molecule has 1 fully saturated rings. The van der Waals surface area contributed by atoms with Gasteiger partial charge in [0.2, 0.25) is 5.91 Å². The normalized spacial score (nSPS) is 16.2. The summed E-state index contributed by atoms with van der Waals surface area (Å²) in [5.74, 6) is 0.987. The Morgan fingerprint density at radius 2 is 1.93 bits per heavy atom. The number of hydrogen-bond donors (Lipinski definition) is 2. The lowest BCUT2D eigenvalue weighted by Gasteiger charge is -2.38. The molecule has 0 spiro atoms. The van der Waals surface area contributed by atoms with E-state index in [1.165, 1.54) is 30.4 Å². The third-order valence-corrected chi connectivity index (χ3v) is 6.09. The van der Waals surface area contributed by atoms with E-state index < -0.39 is 0 Å². The second kappa shape index (κ2) is 8.17. The quantitative estimate of drug-likeness (QED) is 0.649. The first kappa shape index (κ1) is 18.7. The van der Waals surface area contributed by atoms with Crippen molar-refractivity contribution in [1.82, 2.24) is 15.3 Å². The van der Waals surface area contributed by atoms with Crippen LogP contribution in [0, 0.1) is 6.92 Å². The highest BCUT2D eigenvalue weighted by Gasteiger charge is 2.34. The fourth-order valence-corrected chi connectivity index (χ4v) is 4.48. The number of rotatable bonds is 6. The molecular formula is C24H29N3O. The molecule has 3 aromatic rings. The first-order chi connectivity index (χ1) is 13.6. The van der Waals surface area contributed by atoms with Gasteiger partial charge in [-0.3, -0.25) is 4.79 Å². The molecule has 0 bridgehead atoms. The molecule has 1 aliphatic rings. The van der Waals surface area contributed by atoms with Gasteiger partial charge in [0, 0.05) is 24.8 Å². The average Bonchev–Trinajstić information content (AvgIpc) is 3.14. The molecule has 0 aliphatic heterocycles. The Hall–Kier alpha value is -2.62. The average molecular weight is 376 g/mol. The molecule has 4 rings (SSSR count). The third-order valence-electron chi connectivity index (χ3n) is 6.09. The van der Waals surface area contributed by atoms with E-state index in [0.29, 0.717) is 12.8 Å². The van der Waals surface area contributed by atoms with Gasteiger partial charge in [-0.25, -0.2) is 4.98 Å².